The predicted octanol–water partition coefficient (Wildman–Crippen LogP) is 9.73. The average Bonchev–Trinajstić information content (AvgIpc) is 2.76. The second-order valence-corrected chi connectivity index (χ2v) is 10.5. The first-order chi connectivity index (χ1) is 14.8. The number of rotatable bonds is 25. The Kier molecular flexibility index (Phi) is 27.1. The van der Waals surface area contributed by atoms with Crippen LogP contribution in [0.1, 0.15) is 142 Å². The molecule has 0 aliphatic heterocycles. The van der Waals surface area contributed by atoms with Gasteiger partial charge in [-0.25, -0.2) is 0 Å². The van der Waals surface area contributed by atoms with E-state index in [9.17, 15) is 5.11 Å². The van der Waals surface area contributed by atoms with E-state index in [-0.39, 0.29) is 0 Å². The molecular formula is C28H56OS. The Hall–Kier alpha value is 0.0500. The van der Waals surface area contributed by atoms with Crippen LogP contribution in [0.15, 0.2) is 12.2 Å². The molecule has 1 N–H and O–H groups in total. The van der Waals surface area contributed by atoms with Crippen molar-refractivity contribution < 1.29 is 5.11 Å². The highest BCUT2D eigenvalue weighted by molar-refractivity contribution is 7.99. The molecule has 0 heterocycles. The van der Waals surface area contributed by atoms with Gasteiger partial charge in [0.2, 0.25) is 0 Å². The van der Waals surface area contributed by atoms with E-state index < -0.39 is 0 Å². The van der Waals surface area contributed by atoms with Gasteiger partial charge in [-0.1, -0.05) is 103 Å². The second kappa shape index (κ2) is 27.1. The zero-order valence-electron chi connectivity index (χ0n) is 20.9. The lowest BCUT2D eigenvalue weighted by Crippen LogP contribution is -2.06. The van der Waals surface area contributed by atoms with Crippen LogP contribution in [0.2, 0.25) is 0 Å². The van der Waals surface area contributed by atoms with Gasteiger partial charge >= 0.3 is 0 Å². The van der Waals surface area contributed by atoms with Crippen LogP contribution in [-0.2, 0) is 0 Å². The molecule has 1 nitrogen and oxygen atoms in total. The monoisotopic (exact) mass is 440 g/mol. The first-order valence-electron chi connectivity index (χ1n) is 13.7. The smallest absolute Gasteiger partial charge is 0.0459 e. The van der Waals surface area contributed by atoms with Crippen molar-refractivity contribution in [2.75, 3.05) is 18.1 Å². The normalized spacial score (nSPS) is 12.8. The first-order valence-corrected chi connectivity index (χ1v) is 14.8. The minimum Gasteiger partial charge on any atom is -0.396 e. The van der Waals surface area contributed by atoms with Crippen molar-refractivity contribution in [3.8, 4) is 0 Å². The molecule has 0 amide bonds. The van der Waals surface area contributed by atoms with Crippen molar-refractivity contribution in [2.24, 2.45) is 5.92 Å². The lowest BCUT2D eigenvalue weighted by atomic mass is 9.95. The van der Waals surface area contributed by atoms with E-state index in [0.29, 0.717) is 12.5 Å². The lowest BCUT2D eigenvalue weighted by molar-refractivity contribution is 0.204. The SMILES string of the molecule is CCCCCC=CCCCCCCCC(CO)CCCCCCSCCCCCC. The number of aliphatic hydroxyl groups excluding tert-OH is 1. The molecule has 0 saturated heterocycles. The van der Waals surface area contributed by atoms with Gasteiger partial charge in [0.1, 0.15) is 0 Å². The first kappa shape index (κ1) is 30.0. The molecule has 1 atom stereocenters. The summed E-state index contributed by atoms with van der Waals surface area (Å²) in [4.78, 5) is 0. The highest BCUT2D eigenvalue weighted by atomic mass is 32.2. The summed E-state index contributed by atoms with van der Waals surface area (Å²) < 4.78 is 0. The molecule has 0 fully saturated rings. The summed E-state index contributed by atoms with van der Waals surface area (Å²) in [5, 5.41) is 9.65. The van der Waals surface area contributed by atoms with Crippen LogP contribution in [0, 0.1) is 5.92 Å². The van der Waals surface area contributed by atoms with Crippen LogP contribution in [0.25, 0.3) is 0 Å². The standard InChI is InChI=1S/C28H56OS/c1-3-5-7-9-10-11-12-13-14-15-16-19-23-28(27-29)24-20-17-18-22-26-30-25-21-8-6-4-2/h10-11,28-29H,3-9,12-27H2,1-2H3. The van der Waals surface area contributed by atoms with Crippen molar-refractivity contribution >= 4 is 11.8 Å². The quantitative estimate of drug-likeness (QED) is 0.113. The Morgan fingerprint density at radius 2 is 1.00 bits per heavy atom. The van der Waals surface area contributed by atoms with Gasteiger partial charge in [0.05, 0.1) is 0 Å². The van der Waals surface area contributed by atoms with E-state index in [4.69, 9.17) is 0 Å². The Labute approximate surface area is 195 Å². The molecule has 0 rings (SSSR count). The molecule has 0 aromatic rings. The van der Waals surface area contributed by atoms with Gasteiger partial charge in [0, 0.05) is 6.61 Å². The van der Waals surface area contributed by atoms with Gasteiger partial charge in [-0.15, -0.1) is 0 Å². The molecule has 1 unspecified atom stereocenters. The van der Waals surface area contributed by atoms with Gasteiger partial charge in [-0.05, 0) is 68.8 Å². The van der Waals surface area contributed by atoms with Gasteiger partial charge in [-0.2, -0.15) is 11.8 Å². The summed E-state index contributed by atoms with van der Waals surface area (Å²) in [6, 6.07) is 0. The summed E-state index contributed by atoms with van der Waals surface area (Å²) in [6.07, 6.45) is 31.6. The van der Waals surface area contributed by atoms with Gasteiger partial charge in [-0.3, -0.25) is 0 Å². The van der Waals surface area contributed by atoms with Crippen LogP contribution in [0.3, 0.4) is 0 Å². The highest BCUT2D eigenvalue weighted by Gasteiger charge is 2.07. The number of unbranched alkanes of at least 4 members (excludes halogenated alkanes) is 14. The molecule has 180 valence electrons. The van der Waals surface area contributed by atoms with Crippen molar-refractivity contribution in [1.82, 2.24) is 0 Å². The van der Waals surface area contributed by atoms with Gasteiger partial charge < -0.3 is 5.11 Å². The number of allylic oxidation sites excluding steroid dienone is 2. The maximum atomic E-state index is 9.65. The number of thioether (sulfide) groups is 1. The fourth-order valence-electron chi connectivity index (χ4n) is 4.02. The molecule has 0 saturated carbocycles. The molecule has 0 aromatic heterocycles. The Balaban J connectivity index is 3.32. The van der Waals surface area contributed by atoms with E-state index >= 15 is 0 Å². The minimum absolute atomic E-state index is 0.399. The number of aliphatic hydroxyl groups is 1. The minimum atomic E-state index is 0.399. The van der Waals surface area contributed by atoms with Crippen LogP contribution in [0.5, 0.6) is 0 Å². The zero-order valence-corrected chi connectivity index (χ0v) is 21.7. The summed E-state index contributed by atoms with van der Waals surface area (Å²) in [5.74, 6) is 3.27. The maximum absolute atomic E-state index is 9.65. The summed E-state index contributed by atoms with van der Waals surface area (Å²) in [5.41, 5.74) is 0. The van der Waals surface area contributed by atoms with E-state index in [1.165, 1.54) is 140 Å². The second-order valence-electron chi connectivity index (χ2n) is 9.24. The molecular weight excluding hydrogens is 384 g/mol. The van der Waals surface area contributed by atoms with Crippen molar-refractivity contribution in [3.63, 3.8) is 0 Å². The third-order valence-corrected chi connectivity index (χ3v) is 7.33. The van der Waals surface area contributed by atoms with Crippen molar-refractivity contribution in [3.05, 3.63) is 12.2 Å². The molecule has 30 heavy (non-hydrogen) atoms. The predicted molar refractivity (Wildman–Crippen MR) is 141 cm³/mol. The molecule has 0 radical (unpaired) electrons. The van der Waals surface area contributed by atoms with E-state index in [0.717, 1.165) is 0 Å². The summed E-state index contributed by atoms with van der Waals surface area (Å²) in [6.45, 7) is 4.95. The van der Waals surface area contributed by atoms with Crippen LogP contribution in [-0.4, -0.2) is 23.2 Å². The average molecular weight is 441 g/mol. The molecule has 0 aromatic carbocycles. The zero-order chi connectivity index (χ0) is 22.0. The van der Waals surface area contributed by atoms with Crippen molar-refractivity contribution in [2.45, 2.75) is 142 Å². The van der Waals surface area contributed by atoms with E-state index in [1.54, 1.807) is 0 Å². The molecule has 0 spiro atoms. The molecule has 0 bridgehead atoms. The van der Waals surface area contributed by atoms with Gasteiger partial charge in [0.15, 0.2) is 0 Å². The third-order valence-electron chi connectivity index (χ3n) is 6.18. The molecule has 0 aliphatic carbocycles. The van der Waals surface area contributed by atoms with E-state index in [1.807, 2.05) is 0 Å². The van der Waals surface area contributed by atoms with Gasteiger partial charge in [0.25, 0.3) is 0 Å². The molecule has 2 heteroatoms. The largest absolute Gasteiger partial charge is 0.396 e. The van der Waals surface area contributed by atoms with E-state index in [2.05, 4.69) is 37.8 Å². The number of hydrogen-bond acceptors (Lipinski definition) is 2. The molecule has 0 aliphatic rings. The Morgan fingerprint density at radius 1 is 0.567 bits per heavy atom. The van der Waals surface area contributed by atoms with Crippen LogP contribution < -0.4 is 0 Å². The van der Waals surface area contributed by atoms with Crippen LogP contribution in [0.4, 0.5) is 0 Å². The van der Waals surface area contributed by atoms with Crippen LogP contribution >= 0.6 is 11.8 Å². The maximum Gasteiger partial charge on any atom is 0.0459 e. The lowest BCUT2D eigenvalue weighted by Gasteiger charge is -2.13. The van der Waals surface area contributed by atoms with Crippen molar-refractivity contribution in [1.29, 1.82) is 0 Å². The third kappa shape index (κ3) is 24.3. The number of hydrogen-bond donors (Lipinski definition) is 1. The Morgan fingerprint density at radius 3 is 1.57 bits per heavy atom. The summed E-state index contributed by atoms with van der Waals surface area (Å²) in [7, 11) is 0. The highest BCUT2D eigenvalue weighted by Crippen LogP contribution is 2.19. The summed E-state index contributed by atoms with van der Waals surface area (Å²) >= 11 is 2.15. The topological polar surface area (TPSA) is 20.2 Å². The fraction of sp³-hybridized carbons (Fsp3) is 0.929. The Bertz CT molecular complexity index is 329. The fourth-order valence-corrected chi connectivity index (χ4v) is 5.04.